The second kappa shape index (κ2) is 6.51. The van der Waals surface area contributed by atoms with Gasteiger partial charge in [-0.2, -0.15) is 5.10 Å². The second-order valence-corrected chi connectivity index (χ2v) is 6.36. The van der Waals surface area contributed by atoms with Crippen molar-refractivity contribution in [3.8, 4) is 11.3 Å². The average Bonchev–Trinajstić information content (AvgIpc) is 3.32. The number of hydrogen-bond donors (Lipinski definition) is 0. The number of carbonyl (C=O) groups is 1. The van der Waals surface area contributed by atoms with Crippen LogP contribution in [0.1, 0.15) is 29.2 Å². The Kier molecular flexibility index (Phi) is 4.05. The number of rotatable bonds is 3. The Labute approximate surface area is 145 Å². The van der Waals surface area contributed by atoms with Crippen LogP contribution in [0.2, 0.25) is 0 Å². The number of nitrogens with zero attached hydrogens (tertiary/aromatic N) is 6. The van der Waals surface area contributed by atoms with Crippen molar-refractivity contribution in [2.75, 3.05) is 13.1 Å². The van der Waals surface area contributed by atoms with E-state index >= 15 is 0 Å². The fourth-order valence-electron chi connectivity index (χ4n) is 3.40. The van der Waals surface area contributed by atoms with Crippen LogP contribution in [0, 0.1) is 0 Å². The molecule has 3 aromatic heterocycles. The smallest absolute Gasteiger partial charge is 0.257 e. The van der Waals surface area contributed by atoms with E-state index in [-0.39, 0.29) is 11.9 Å². The third-order valence-electron chi connectivity index (χ3n) is 4.62. The summed E-state index contributed by atoms with van der Waals surface area (Å²) in [6.45, 7) is 1.46. The van der Waals surface area contributed by atoms with Crippen LogP contribution >= 0.6 is 0 Å². The van der Waals surface area contributed by atoms with Crippen LogP contribution in [-0.4, -0.2) is 48.2 Å². The van der Waals surface area contributed by atoms with Gasteiger partial charge in [-0.3, -0.25) is 14.5 Å². The Bertz CT molecular complexity index is 855. The molecule has 4 heterocycles. The minimum Gasteiger partial charge on any atom is -0.336 e. The SMILES string of the molecule is Cn1cc(C(=O)N2CCC[C@H](n3ccnc3)C2)c(-c2cccnc2)n1. The molecule has 0 saturated carbocycles. The Morgan fingerprint density at radius 2 is 2.20 bits per heavy atom. The first-order valence-electron chi connectivity index (χ1n) is 8.43. The molecule has 0 aliphatic carbocycles. The number of piperidine rings is 1. The lowest BCUT2D eigenvalue weighted by Crippen LogP contribution is -2.40. The molecular formula is C18H20N6O. The van der Waals surface area contributed by atoms with Crippen LogP contribution in [-0.2, 0) is 7.05 Å². The van der Waals surface area contributed by atoms with Gasteiger partial charge in [-0.15, -0.1) is 0 Å². The maximum absolute atomic E-state index is 13.1. The average molecular weight is 336 g/mol. The Morgan fingerprint density at radius 1 is 1.28 bits per heavy atom. The maximum Gasteiger partial charge on any atom is 0.257 e. The molecule has 128 valence electrons. The second-order valence-electron chi connectivity index (χ2n) is 6.36. The standard InChI is InChI=1S/C18H20N6O/c1-22-12-16(17(21-22)14-4-2-6-19-10-14)18(25)23-8-3-5-15(11-23)24-9-7-20-13-24/h2,4,6-7,9-10,12-13,15H,3,5,8,11H2,1H3/t15-/m0/s1. The third-order valence-corrected chi connectivity index (χ3v) is 4.62. The molecule has 0 aromatic carbocycles. The molecule has 1 fully saturated rings. The van der Waals surface area contributed by atoms with Crippen LogP contribution in [0.25, 0.3) is 11.3 Å². The lowest BCUT2D eigenvalue weighted by molar-refractivity contribution is 0.0680. The minimum atomic E-state index is 0.0248. The molecule has 7 heteroatoms. The van der Waals surface area contributed by atoms with Gasteiger partial charge in [-0.05, 0) is 25.0 Å². The molecule has 0 spiro atoms. The first kappa shape index (κ1) is 15.6. The molecule has 1 aliphatic heterocycles. The van der Waals surface area contributed by atoms with E-state index in [9.17, 15) is 4.79 Å². The summed E-state index contributed by atoms with van der Waals surface area (Å²) in [5.41, 5.74) is 2.17. The van der Waals surface area contributed by atoms with Gasteiger partial charge >= 0.3 is 0 Å². The molecule has 1 amide bonds. The van der Waals surface area contributed by atoms with Crippen molar-refractivity contribution >= 4 is 5.91 Å². The largest absolute Gasteiger partial charge is 0.336 e. The van der Waals surface area contributed by atoms with E-state index in [0.717, 1.165) is 24.9 Å². The molecule has 0 bridgehead atoms. The fourth-order valence-corrected chi connectivity index (χ4v) is 3.40. The van der Waals surface area contributed by atoms with Gasteiger partial charge in [0, 0.05) is 56.7 Å². The van der Waals surface area contributed by atoms with E-state index in [2.05, 4.69) is 19.6 Å². The van der Waals surface area contributed by atoms with Gasteiger partial charge in [0.1, 0.15) is 5.69 Å². The van der Waals surface area contributed by atoms with Gasteiger partial charge in [0.05, 0.1) is 17.9 Å². The summed E-state index contributed by atoms with van der Waals surface area (Å²) >= 11 is 0. The molecular weight excluding hydrogens is 316 g/mol. The maximum atomic E-state index is 13.1. The highest BCUT2D eigenvalue weighted by atomic mass is 16.2. The van der Waals surface area contributed by atoms with Crippen LogP contribution in [0.15, 0.2) is 49.4 Å². The number of amides is 1. The highest BCUT2D eigenvalue weighted by Gasteiger charge is 2.28. The molecule has 0 N–H and O–H groups in total. The van der Waals surface area contributed by atoms with Crippen LogP contribution < -0.4 is 0 Å². The van der Waals surface area contributed by atoms with E-state index in [4.69, 9.17) is 0 Å². The molecule has 25 heavy (non-hydrogen) atoms. The number of aromatic nitrogens is 5. The molecule has 1 atom stereocenters. The summed E-state index contributed by atoms with van der Waals surface area (Å²) in [7, 11) is 1.83. The van der Waals surface area contributed by atoms with Crippen LogP contribution in [0.3, 0.4) is 0 Å². The normalized spacial score (nSPS) is 17.6. The van der Waals surface area contributed by atoms with Crippen molar-refractivity contribution in [3.05, 3.63) is 55.0 Å². The Balaban J connectivity index is 1.61. The van der Waals surface area contributed by atoms with E-state index in [1.807, 2.05) is 36.6 Å². The molecule has 0 radical (unpaired) electrons. The van der Waals surface area contributed by atoms with Crippen molar-refractivity contribution in [3.63, 3.8) is 0 Å². The first-order chi connectivity index (χ1) is 12.2. The number of pyridine rings is 1. The van der Waals surface area contributed by atoms with Crippen LogP contribution in [0.5, 0.6) is 0 Å². The zero-order chi connectivity index (χ0) is 17.2. The molecule has 7 nitrogen and oxygen atoms in total. The number of likely N-dealkylation sites (tertiary alicyclic amines) is 1. The van der Waals surface area contributed by atoms with Gasteiger partial charge in [0.25, 0.3) is 5.91 Å². The van der Waals surface area contributed by atoms with Gasteiger partial charge in [-0.25, -0.2) is 4.98 Å². The van der Waals surface area contributed by atoms with E-state index in [0.29, 0.717) is 17.8 Å². The Hall–Kier alpha value is -2.96. The van der Waals surface area contributed by atoms with Gasteiger partial charge < -0.3 is 9.47 Å². The quantitative estimate of drug-likeness (QED) is 0.735. The Morgan fingerprint density at radius 3 is 2.96 bits per heavy atom. The summed E-state index contributed by atoms with van der Waals surface area (Å²) in [5, 5.41) is 4.48. The van der Waals surface area contributed by atoms with Crippen molar-refractivity contribution in [1.29, 1.82) is 0 Å². The minimum absolute atomic E-state index is 0.0248. The number of aryl methyl sites for hydroxylation is 1. The lowest BCUT2D eigenvalue weighted by atomic mass is 10.0. The number of imidazole rings is 1. The predicted molar refractivity (Wildman–Crippen MR) is 92.8 cm³/mol. The summed E-state index contributed by atoms with van der Waals surface area (Å²) in [4.78, 5) is 23.3. The summed E-state index contributed by atoms with van der Waals surface area (Å²) in [5.74, 6) is 0.0248. The van der Waals surface area contributed by atoms with Gasteiger partial charge in [-0.1, -0.05) is 0 Å². The van der Waals surface area contributed by atoms with E-state index < -0.39 is 0 Å². The topological polar surface area (TPSA) is 68.8 Å². The highest BCUT2D eigenvalue weighted by Crippen LogP contribution is 2.26. The fraction of sp³-hybridized carbons (Fsp3) is 0.333. The summed E-state index contributed by atoms with van der Waals surface area (Å²) in [6, 6.07) is 4.06. The first-order valence-corrected chi connectivity index (χ1v) is 8.43. The lowest BCUT2D eigenvalue weighted by Gasteiger charge is -2.33. The molecule has 1 aliphatic rings. The highest BCUT2D eigenvalue weighted by molar-refractivity contribution is 5.99. The third kappa shape index (κ3) is 3.05. The van der Waals surface area contributed by atoms with Gasteiger partial charge in [0.15, 0.2) is 0 Å². The molecule has 1 saturated heterocycles. The van der Waals surface area contributed by atoms with Crippen molar-refractivity contribution < 1.29 is 4.79 Å². The van der Waals surface area contributed by atoms with E-state index in [1.54, 1.807) is 29.5 Å². The van der Waals surface area contributed by atoms with Crippen molar-refractivity contribution in [2.24, 2.45) is 7.05 Å². The van der Waals surface area contributed by atoms with Gasteiger partial charge in [0.2, 0.25) is 0 Å². The molecule has 3 aromatic rings. The number of hydrogen-bond acceptors (Lipinski definition) is 4. The van der Waals surface area contributed by atoms with Crippen molar-refractivity contribution in [1.82, 2.24) is 29.2 Å². The predicted octanol–water partition coefficient (Wildman–Crippen LogP) is 2.16. The summed E-state index contributed by atoms with van der Waals surface area (Å²) in [6.07, 6.45) is 12.9. The van der Waals surface area contributed by atoms with E-state index in [1.165, 1.54) is 0 Å². The molecule has 0 unspecified atom stereocenters. The zero-order valence-electron chi connectivity index (χ0n) is 14.1. The number of carbonyl (C=O) groups excluding carboxylic acids is 1. The molecule has 4 rings (SSSR count). The monoisotopic (exact) mass is 336 g/mol. The summed E-state index contributed by atoms with van der Waals surface area (Å²) < 4.78 is 3.78. The zero-order valence-corrected chi connectivity index (χ0v) is 14.1. The van der Waals surface area contributed by atoms with Crippen molar-refractivity contribution in [2.45, 2.75) is 18.9 Å². The van der Waals surface area contributed by atoms with Crippen LogP contribution in [0.4, 0.5) is 0 Å².